The number of nitrogens with two attached hydrogens (primary N) is 1. The zero-order valence-electron chi connectivity index (χ0n) is 19.4. The van der Waals surface area contributed by atoms with Crippen LogP contribution in [0, 0.1) is 25.7 Å². The number of halogens is 1. The van der Waals surface area contributed by atoms with E-state index in [1.165, 1.54) is 5.01 Å². The van der Waals surface area contributed by atoms with Crippen LogP contribution in [0.4, 0.5) is 5.82 Å². The van der Waals surface area contributed by atoms with Crippen LogP contribution in [0.1, 0.15) is 22.8 Å². The third-order valence-corrected chi connectivity index (χ3v) is 9.27. The van der Waals surface area contributed by atoms with E-state index in [0.717, 1.165) is 47.8 Å². The Kier molecular flexibility index (Phi) is 4.52. The lowest BCUT2D eigenvalue weighted by atomic mass is 10.0. The summed E-state index contributed by atoms with van der Waals surface area (Å²) in [5.74, 6) is 1.94. The van der Waals surface area contributed by atoms with Crippen LogP contribution in [0.15, 0.2) is 29.9 Å². The lowest BCUT2D eigenvalue weighted by Crippen LogP contribution is -2.32. The number of aromatic amines is 1. The molecule has 7 rings (SSSR count). The van der Waals surface area contributed by atoms with Gasteiger partial charge in [0.15, 0.2) is 5.65 Å². The number of piperidine rings is 1. The molecule has 0 aromatic carbocycles. The molecule has 3 N–H and O–H groups in total. The van der Waals surface area contributed by atoms with Gasteiger partial charge in [-0.3, -0.25) is 5.10 Å². The number of nitrogens with zero attached hydrogens (tertiary/aromatic N) is 7. The number of H-pyrrole nitrogens is 1. The SMILES string of the molecule is Cc1csc([C@@]2(CN)[C@@H]3CCN(c4cnc5c(-c6ccn7nc(C)cc7c6Cl)n[nH]c5n4)C[C@@H]32)n1. The van der Waals surface area contributed by atoms with E-state index < -0.39 is 0 Å². The Morgan fingerprint density at radius 1 is 1.26 bits per heavy atom. The molecule has 2 aliphatic rings. The Morgan fingerprint density at radius 2 is 2.14 bits per heavy atom. The summed E-state index contributed by atoms with van der Waals surface area (Å²) in [7, 11) is 0. The van der Waals surface area contributed by atoms with Crippen molar-refractivity contribution in [2.75, 3.05) is 24.5 Å². The van der Waals surface area contributed by atoms with Gasteiger partial charge >= 0.3 is 0 Å². The third kappa shape index (κ3) is 3.00. The third-order valence-electron chi connectivity index (χ3n) is 7.72. The zero-order chi connectivity index (χ0) is 23.9. The van der Waals surface area contributed by atoms with Gasteiger partial charge in [0, 0.05) is 47.9 Å². The van der Waals surface area contributed by atoms with E-state index in [2.05, 4.69) is 25.6 Å². The monoisotopic (exact) mass is 505 g/mol. The molecule has 1 saturated carbocycles. The number of pyridine rings is 1. The summed E-state index contributed by atoms with van der Waals surface area (Å²) in [6.45, 7) is 6.47. The van der Waals surface area contributed by atoms with Gasteiger partial charge in [0.1, 0.15) is 22.0 Å². The van der Waals surface area contributed by atoms with Gasteiger partial charge in [-0.1, -0.05) is 11.6 Å². The maximum absolute atomic E-state index is 6.73. The first kappa shape index (κ1) is 21.2. The molecule has 35 heavy (non-hydrogen) atoms. The van der Waals surface area contributed by atoms with E-state index >= 15 is 0 Å². The van der Waals surface area contributed by atoms with Crippen molar-refractivity contribution in [2.24, 2.45) is 17.6 Å². The van der Waals surface area contributed by atoms with E-state index in [9.17, 15) is 0 Å². The second-order valence-electron chi connectivity index (χ2n) is 9.64. The van der Waals surface area contributed by atoms with Gasteiger partial charge < -0.3 is 10.6 Å². The van der Waals surface area contributed by atoms with Crippen LogP contribution in [0.5, 0.6) is 0 Å². The van der Waals surface area contributed by atoms with Crippen molar-refractivity contribution < 1.29 is 0 Å². The van der Waals surface area contributed by atoms with Crippen molar-refractivity contribution in [3.8, 4) is 11.3 Å². The summed E-state index contributed by atoms with van der Waals surface area (Å²) < 4.78 is 1.77. The van der Waals surface area contributed by atoms with Crippen molar-refractivity contribution in [1.82, 2.24) is 34.8 Å². The number of thiazole rings is 1. The summed E-state index contributed by atoms with van der Waals surface area (Å²) in [6, 6.07) is 3.87. The van der Waals surface area contributed by atoms with Crippen LogP contribution in [-0.2, 0) is 5.41 Å². The van der Waals surface area contributed by atoms with Gasteiger partial charge in [0.05, 0.1) is 22.4 Å². The average Bonchev–Trinajstić information content (AvgIpc) is 3.24. The molecular weight excluding hydrogens is 482 g/mol. The predicted molar refractivity (Wildman–Crippen MR) is 137 cm³/mol. The number of fused-ring (bicyclic) bond motifs is 3. The Morgan fingerprint density at radius 3 is 2.94 bits per heavy atom. The predicted octanol–water partition coefficient (Wildman–Crippen LogP) is 3.75. The maximum atomic E-state index is 6.73. The number of rotatable bonds is 4. The Balaban J connectivity index is 1.20. The van der Waals surface area contributed by atoms with Crippen molar-refractivity contribution in [3.63, 3.8) is 0 Å². The van der Waals surface area contributed by atoms with Crippen molar-refractivity contribution in [1.29, 1.82) is 0 Å². The summed E-state index contributed by atoms with van der Waals surface area (Å²) in [4.78, 5) is 16.8. The molecule has 1 aliphatic carbocycles. The van der Waals surface area contributed by atoms with Gasteiger partial charge in [-0.25, -0.2) is 19.5 Å². The molecule has 1 aliphatic heterocycles. The largest absolute Gasteiger partial charge is 0.355 e. The standard InChI is InChI=1S/C24H24ClN9S/c1-12-7-17-19(25)14(3-6-34(17)32-12)20-21-22(31-30-20)29-18(8-27-21)33-5-4-15-16(9-33)24(15,11-26)23-28-13(2)10-35-23/h3,6-8,10,15-16H,4-5,9,11,26H2,1-2H3,(H,29,30,31)/t15-,16+,24+/m1/s1. The fourth-order valence-corrected chi connectivity index (χ4v) is 7.36. The van der Waals surface area contributed by atoms with Crippen LogP contribution in [0.2, 0.25) is 5.02 Å². The molecule has 0 unspecified atom stereocenters. The molecule has 0 radical (unpaired) electrons. The van der Waals surface area contributed by atoms with Crippen molar-refractivity contribution in [3.05, 3.63) is 51.3 Å². The molecule has 9 nitrogen and oxygen atoms in total. The summed E-state index contributed by atoms with van der Waals surface area (Å²) in [5.41, 5.74) is 12.0. The molecule has 178 valence electrons. The molecule has 5 aromatic heterocycles. The number of hydrogen-bond acceptors (Lipinski definition) is 8. The second-order valence-corrected chi connectivity index (χ2v) is 10.9. The van der Waals surface area contributed by atoms with Crippen LogP contribution in [0.3, 0.4) is 0 Å². The van der Waals surface area contributed by atoms with Crippen LogP contribution >= 0.6 is 22.9 Å². The highest BCUT2D eigenvalue weighted by atomic mass is 35.5. The maximum Gasteiger partial charge on any atom is 0.177 e. The molecule has 11 heteroatoms. The number of aryl methyl sites for hydroxylation is 2. The first-order valence-electron chi connectivity index (χ1n) is 11.7. The fraction of sp³-hybridized carbons (Fsp3) is 0.375. The quantitative estimate of drug-likeness (QED) is 0.382. The van der Waals surface area contributed by atoms with E-state index in [1.807, 2.05) is 38.4 Å². The molecular formula is C24H24ClN9S. The minimum atomic E-state index is 0.00772. The molecule has 0 amide bonds. The lowest BCUT2D eigenvalue weighted by Gasteiger charge is -2.26. The molecule has 2 fully saturated rings. The first-order valence-corrected chi connectivity index (χ1v) is 13.0. The highest BCUT2D eigenvalue weighted by molar-refractivity contribution is 7.09. The van der Waals surface area contributed by atoms with Gasteiger partial charge in [-0.05, 0) is 44.2 Å². The first-order chi connectivity index (χ1) is 17.0. The average molecular weight is 506 g/mol. The lowest BCUT2D eigenvalue weighted by molar-refractivity contribution is 0.545. The van der Waals surface area contributed by atoms with Crippen LogP contribution in [-0.4, -0.2) is 54.4 Å². The summed E-state index contributed by atoms with van der Waals surface area (Å²) in [5, 5.41) is 15.9. The normalized spacial score (nSPS) is 23.8. The topological polar surface area (TPSA) is 114 Å². The van der Waals surface area contributed by atoms with E-state index in [-0.39, 0.29) is 5.41 Å². The minimum Gasteiger partial charge on any atom is -0.355 e. The number of hydrogen-bond donors (Lipinski definition) is 2. The number of anilines is 1. The van der Waals surface area contributed by atoms with Gasteiger partial charge in [-0.2, -0.15) is 10.2 Å². The van der Waals surface area contributed by atoms with Gasteiger partial charge in [0.2, 0.25) is 0 Å². The zero-order valence-corrected chi connectivity index (χ0v) is 20.9. The van der Waals surface area contributed by atoms with Gasteiger partial charge in [-0.15, -0.1) is 11.3 Å². The Bertz CT molecular complexity index is 1600. The molecule has 0 spiro atoms. The summed E-state index contributed by atoms with van der Waals surface area (Å²) in [6.07, 6.45) is 4.81. The Labute approximate surface area is 210 Å². The van der Waals surface area contributed by atoms with Crippen LogP contribution in [0.25, 0.3) is 27.9 Å². The molecule has 0 bridgehead atoms. The molecule has 6 heterocycles. The fourth-order valence-electron chi connectivity index (χ4n) is 5.93. The van der Waals surface area contributed by atoms with E-state index in [1.54, 1.807) is 15.9 Å². The van der Waals surface area contributed by atoms with Crippen LogP contribution < -0.4 is 10.6 Å². The Hall–Kier alpha value is -3.08. The van der Waals surface area contributed by atoms with Crippen molar-refractivity contribution >= 4 is 45.4 Å². The molecule has 1 saturated heterocycles. The highest BCUT2D eigenvalue weighted by Crippen LogP contribution is 2.63. The molecule has 5 aromatic rings. The summed E-state index contributed by atoms with van der Waals surface area (Å²) >= 11 is 8.47. The highest BCUT2D eigenvalue weighted by Gasteiger charge is 2.67. The minimum absolute atomic E-state index is 0.00772. The van der Waals surface area contributed by atoms with E-state index in [0.29, 0.717) is 40.3 Å². The number of aromatic nitrogens is 7. The number of nitrogens with one attached hydrogen (secondary N) is 1. The van der Waals surface area contributed by atoms with Crippen molar-refractivity contribution in [2.45, 2.75) is 25.7 Å². The van der Waals surface area contributed by atoms with E-state index in [4.69, 9.17) is 32.3 Å². The second kappa shape index (κ2) is 7.46. The smallest absolute Gasteiger partial charge is 0.177 e. The molecule has 3 atom stereocenters. The van der Waals surface area contributed by atoms with Gasteiger partial charge in [0.25, 0.3) is 0 Å².